The second-order valence-electron chi connectivity index (χ2n) is 4.17. The van der Waals surface area contributed by atoms with E-state index in [1.165, 1.54) is 17.3 Å². The number of halogens is 1. The fraction of sp³-hybridized carbons (Fsp3) is 0.545. The minimum Gasteiger partial charge on any atom is -0.368 e. The summed E-state index contributed by atoms with van der Waals surface area (Å²) in [4.78, 5) is 9.00. The van der Waals surface area contributed by atoms with Crippen molar-refractivity contribution in [2.45, 2.75) is 24.4 Å². The zero-order valence-corrected chi connectivity index (χ0v) is 11.7. The summed E-state index contributed by atoms with van der Waals surface area (Å²) in [6.45, 7) is 0.724. The van der Waals surface area contributed by atoms with Crippen molar-refractivity contribution >= 4 is 35.0 Å². The van der Waals surface area contributed by atoms with E-state index in [9.17, 15) is 0 Å². The summed E-state index contributed by atoms with van der Waals surface area (Å²) < 4.78 is 1.81. The summed E-state index contributed by atoms with van der Waals surface area (Å²) >= 11 is 7.29. The standard InChI is InChI=1S/C11H14ClN5S/c1-18-11-15-10-14-8-4-2-3-7(8)9(13-6-5-12)17(10)16-11/h13H,2-6H2,1H3. The molecule has 0 saturated heterocycles. The molecule has 2 aromatic heterocycles. The van der Waals surface area contributed by atoms with Crippen LogP contribution in [0.25, 0.3) is 5.78 Å². The second-order valence-corrected chi connectivity index (χ2v) is 5.32. The van der Waals surface area contributed by atoms with Crippen molar-refractivity contribution in [2.75, 3.05) is 24.0 Å². The molecule has 0 amide bonds. The summed E-state index contributed by atoms with van der Waals surface area (Å²) in [5.41, 5.74) is 2.42. The summed E-state index contributed by atoms with van der Waals surface area (Å²) in [5.74, 6) is 2.26. The highest BCUT2D eigenvalue weighted by Crippen LogP contribution is 2.28. The van der Waals surface area contributed by atoms with Gasteiger partial charge in [-0.3, -0.25) is 0 Å². The minimum atomic E-state index is 0.572. The van der Waals surface area contributed by atoms with E-state index in [2.05, 4.69) is 20.4 Å². The Labute approximate surface area is 114 Å². The quantitative estimate of drug-likeness (QED) is 0.687. The summed E-state index contributed by atoms with van der Waals surface area (Å²) in [5, 5.41) is 8.57. The number of alkyl halides is 1. The number of anilines is 1. The van der Waals surface area contributed by atoms with Crippen molar-refractivity contribution in [1.82, 2.24) is 19.6 Å². The molecule has 0 fully saturated rings. The molecule has 0 unspecified atom stereocenters. The van der Waals surface area contributed by atoms with Gasteiger partial charge in [-0.25, -0.2) is 4.98 Å². The second kappa shape index (κ2) is 4.93. The van der Waals surface area contributed by atoms with Crippen LogP contribution in [-0.4, -0.2) is 38.3 Å². The normalized spacial score (nSPS) is 14.1. The molecule has 0 bridgehead atoms. The molecule has 0 atom stereocenters. The van der Waals surface area contributed by atoms with Crippen LogP contribution in [0.3, 0.4) is 0 Å². The Bertz CT molecular complexity index is 582. The number of fused-ring (bicyclic) bond motifs is 2. The smallest absolute Gasteiger partial charge is 0.255 e. The predicted octanol–water partition coefficient (Wildman–Crippen LogP) is 1.99. The van der Waals surface area contributed by atoms with Gasteiger partial charge in [0.2, 0.25) is 5.16 Å². The van der Waals surface area contributed by atoms with E-state index in [-0.39, 0.29) is 0 Å². The van der Waals surface area contributed by atoms with Crippen LogP contribution in [-0.2, 0) is 12.8 Å². The van der Waals surface area contributed by atoms with Gasteiger partial charge in [0.25, 0.3) is 5.78 Å². The van der Waals surface area contributed by atoms with Gasteiger partial charge in [0, 0.05) is 18.0 Å². The lowest BCUT2D eigenvalue weighted by atomic mass is 10.2. The lowest BCUT2D eigenvalue weighted by molar-refractivity contribution is 0.865. The number of aromatic nitrogens is 4. The van der Waals surface area contributed by atoms with E-state index >= 15 is 0 Å². The van der Waals surface area contributed by atoms with Crippen molar-refractivity contribution in [2.24, 2.45) is 0 Å². The van der Waals surface area contributed by atoms with Crippen LogP contribution in [0.1, 0.15) is 17.7 Å². The van der Waals surface area contributed by atoms with Gasteiger partial charge in [-0.15, -0.1) is 16.7 Å². The molecule has 96 valence electrons. The maximum Gasteiger partial charge on any atom is 0.255 e. The third kappa shape index (κ3) is 1.93. The van der Waals surface area contributed by atoms with E-state index in [1.54, 1.807) is 0 Å². The van der Waals surface area contributed by atoms with E-state index in [1.807, 2.05) is 10.8 Å². The van der Waals surface area contributed by atoms with Crippen LogP contribution in [0.2, 0.25) is 0 Å². The highest BCUT2D eigenvalue weighted by atomic mass is 35.5. The van der Waals surface area contributed by atoms with Crippen molar-refractivity contribution in [1.29, 1.82) is 0 Å². The Morgan fingerprint density at radius 2 is 2.28 bits per heavy atom. The third-order valence-electron chi connectivity index (χ3n) is 3.06. The molecule has 0 aromatic carbocycles. The fourth-order valence-electron chi connectivity index (χ4n) is 2.30. The first kappa shape index (κ1) is 12.0. The molecule has 2 heterocycles. The van der Waals surface area contributed by atoms with Gasteiger partial charge in [-0.2, -0.15) is 9.50 Å². The molecule has 0 spiro atoms. The summed E-state index contributed by atoms with van der Waals surface area (Å²) in [6, 6.07) is 0. The Morgan fingerprint density at radius 3 is 3.06 bits per heavy atom. The van der Waals surface area contributed by atoms with Crippen molar-refractivity contribution in [3.05, 3.63) is 11.3 Å². The third-order valence-corrected chi connectivity index (χ3v) is 3.79. The Hall–Kier alpha value is -1.01. The van der Waals surface area contributed by atoms with E-state index < -0.39 is 0 Å². The van der Waals surface area contributed by atoms with Crippen LogP contribution >= 0.6 is 23.4 Å². The molecule has 2 aromatic rings. The highest BCUT2D eigenvalue weighted by Gasteiger charge is 2.21. The first-order valence-electron chi connectivity index (χ1n) is 5.96. The van der Waals surface area contributed by atoms with Crippen molar-refractivity contribution < 1.29 is 0 Å². The van der Waals surface area contributed by atoms with E-state index in [4.69, 9.17) is 11.6 Å². The van der Waals surface area contributed by atoms with E-state index in [0.717, 1.165) is 42.5 Å². The SMILES string of the molecule is CSc1nc2nc3c(c(NCCCl)n2n1)CCC3. The molecular weight excluding hydrogens is 270 g/mol. The van der Waals surface area contributed by atoms with Crippen molar-refractivity contribution in [3.63, 3.8) is 0 Å². The number of hydrogen-bond acceptors (Lipinski definition) is 5. The Balaban J connectivity index is 2.16. The fourth-order valence-corrected chi connectivity index (χ4v) is 2.73. The number of rotatable bonds is 4. The zero-order valence-electron chi connectivity index (χ0n) is 10.1. The molecule has 1 N–H and O–H groups in total. The molecule has 0 radical (unpaired) electrons. The Kier molecular flexibility index (Phi) is 3.30. The van der Waals surface area contributed by atoms with Crippen LogP contribution in [0.5, 0.6) is 0 Å². The van der Waals surface area contributed by atoms with Gasteiger partial charge in [0.1, 0.15) is 5.82 Å². The van der Waals surface area contributed by atoms with Gasteiger partial charge >= 0.3 is 0 Å². The molecule has 0 saturated carbocycles. The maximum atomic E-state index is 5.76. The number of nitrogens with zero attached hydrogens (tertiary/aromatic N) is 4. The van der Waals surface area contributed by atoms with E-state index in [0.29, 0.717) is 11.7 Å². The largest absolute Gasteiger partial charge is 0.368 e. The molecular formula is C11H14ClN5S. The zero-order chi connectivity index (χ0) is 12.5. The molecule has 5 nitrogen and oxygen atoms in total. The lowest BCUT2D eigenvalue weighted by Crippen LogP contribution is -2.12. The molecule has 7 heteroatoms. The maximum absolute atomic E-state index is 5.76. The average molecular weight is 284 g/mol. The molecule has 3 rings (SSSR count). The molecule has 0 aliphatic heterocycles. The number of nitrogens with one attached hydrogen (secondary N) is 1. The summed E-state index contributed by atoms with van der Waals surface area (Å²) in [7, 11) is 0. The lowest BCUT2D eigenvalue weighted by Gasteiger charge is -2.10. The summed E-state index contributed by atoms with van der Waals surface area (Å²) in [6.07, 6.45) is 5.20. The monoisotopic (exact) mass is 283 g/mol. The van der Waals surface area contributed by atoms with Crippen LogP contribution in [0.15, 0.2) is 5.16 Å². The average Bonchev–Trinajstić information content (AvgIpc) is 2.99. The number of hydrogen-bond donors (Lipinski definition) is 1. The van der Waals surface area contributed by atoms with Gasteiger partial charge in [-0.1, -0.05) is 11.8 Å². The topological polar surface area (TPSA) is 55.1 Å². The van der Waals surface area contributed by atoms with Gasteiger partial charge in [0.15, 0.2) is 0 Å². The van der Waals surface area contributed by atoms with Crippen LogP contribution in [0, 0.1) is 0 Å². The van der Waals surface area contributed by atoms with Crippen LogP contribution < -0.4 is 5.32 Å². The van der Waals surface area contributed by atoms with Crippen molar-refractivity contribution in [3.8, 4) is 0 Å². The molecule has 1 aliphatic rings. The van der Waals surface area contributed by atoms with Gasteiger partial charge in [0.05, 0.1) is 5.69 Å². The minimum absolute atomic E-state index is 0.572. The number of aryl methyl sites for hydroxylation is 1. The van der Waals surface area contributed by atoms with Gasteiger partial charge < -0.3 is 5.32 Å². The first-order chi connectivity index (χ1) is 8.83. The number of thioether (sulfide) groups is 1. The predicted molar refractivity (Wildman–Crippen MR) is 73.8 cm³/mol. The highest BCUT2D eigenvalue weighted by molar-refractivity contribution is 7.98. The van der Waals surface area contributed by atoms with Crippen LogP contribution in [0.4, 0.5) is 5.82 Å². The molecule has 18 heavy (non-hydrogen) atoms. The molecule has 1 aliphatic carbocycles. The Morgan fingerprint density at radius 1 is 1.39 bits per heavy atom. The first-order valence-corrected chi connectivity index (χ1v) is 7.71. The van der Waals surface area contributed by atoms with Gasteiger partial charge in [-0.05, 0) is 25.5 Å².